The van der Waals surface area contributed by atoms with Gasteiger partial charge in [0, 0.05) is 37.6 Å². The second-order valence-electron chi connectivity index (χ2n) is 16.8. The fourth-order valence-electron chi connectivity index (χ4n) is 8.84. The molecule has 0 bridgehead atoms. The van der Waals surface area contributed by atoms with Gasteiger partial charge < -0.3 is 29.6 Å². The number of hydrogen-bond donors (Lipinski definition) is 2. The summed E-state index contributed by atoms with van der Waals surface area (Å²) < 4.78 is 21.0. The zero-order valence-electron chi connectivity index (χ0n) is 31.2. The van der Waals surface area contributed by atoms with Crippen molar-refractivity contribution in [2.24, 2.45) is 27.6 Å². The predicted octanol–water partition coefficient (Wildman–Crippen LogP) is 5.45. The van der Waals surface area contributed by atoms with E-state index in [0.29, 0.717) is 32.2 Å². The molecular weight excluding hydrogens is 646 g/mol. The summed E-state index contributed by atoms with van der Waals surface area (Å²) in [6, 6.07) is -0.0465. The third kappa shape index (κ3) is 13.6. The van der Waals surface area contributed by atoms with Gasteiger partial charge in [0.05, 0.1) is 26.9 Å². The van der Waals surface area contributed by atoms with Gasteiger partial charge in [-0.3, -0.25) is 24.1 Å². The molecule has 0 spiro atoms. The van der Waals surface area contributed by atoms with Crippen LogP contribution in [-0.4, -0.2) is 86.9 Å². The average molecular weight is 706 g/mol. The van der Waals surface area contributed by atoms with Crippen LogP contribution in [0.2, 0.25) is 0 Å². The molecule has 0 aromatic heterocycles. The summed E-state index contributed by atoms with van der Waals surface area (Å²) in [7, 11) is 1.40. The molecule has 50 heavy (non-hydrogen) atoms. The molecule has 0 aromatic carbocycles. The number of alkyl carbamates (subject to hydrolysis) is 2. The number of unbranched alkanes of at least 4 members (excludes halogenated alkanes) is 1. The lowest BCUT2D eigenvalue weighted by atomic mass is 9.60. The van der Waals surface area contributed by atoms with Gasteiger partial charge in [0.1, 0.15) is 6.61 Å². The van der Waals surface area contributed by atoms with E-state index in [1.807, 2.05) is 0 Å². The Morgan fingerprint density at radius 1 is 0.760 bits per heavy atom. The Morgan fingerprint density at radius 3 is 2.02 bits per heavy atom. The lowest BCUT2D eigenvalue weighted by Crippen LogP contribution is -2.47. The highest BCUT2D eigenvalue weighted by Gasteiger charge is 2.43. The number of amides is 4. The Balaban J connectivity index is 1.31. The second kappa shape index (κ2) is 17.5. The number of rotatable bonds is 16. The maximum absolute atomic E-state index is 12.8. The van der Waals surface area contributed by atoms with Crippen molar-refractivity contribution in [2.75, 3.05) is 40.0 Å². The predicted molar refractivity (Wildman–Crippen MR) is 185 cm³/mol. The molecule has 13 heteroatoms. The molecular formula is C37H59N3O10. The Hall–Kier alpha value is -3.64. The third-order valence-electron chi connectivity index (χ3n) is 10.1. The summed E-state index contributed by atoms with van der Waals surface area (Å²) in [5.74, 6) is -1.24. The van der Waals surface area contributed by atoms with Crippen LogP contribution in [0.3, 0.4) is 0 Å². The van der Waals surface area contributed by atoms with Crippen molar-refractivity contribution in [2.45, 2.75) is 118 Å². The van der Waals surface area contributed by atoms with Gasteiger partial charge in [-0.25, -0.2) is 9.59 Å². The topological polar surface area (TPSA) is 167 Å². The van der Waals surface area contributed by atoms with E-state index in [1.165, 1.54) is 19.3 Å². The van der Waals surface area contributed by atoms with Crippen LogP contribution in [0.25, 0.3) is 0 Å². The van der Waals surface area contributed by atoms with E-state index >= 15 is 0 Å². The summed E-state index contributed by atoms with van der Waals surface area (Å²) in [5.41, 5.74) is -0.375. The first-order chi connectivity index (χ1) is 23.3. The number of hydrogen-bond acceptors (Lipinski definition) is 10. The summed E-state index contributed by atoms with van der Waals surface area (Å²) in [6.07, 6.45) is 8.78. The van der Waals surface area contributed by atoms with E-state index in [9.17, 15) is 28.8 Å². The van der Waals surface area contributed by atoms with Crippen LogP contribution in [0, 0.1) is 27.6 Å². The second-order valence-corrected chi connectivity index (χ2v) is 16.8. The van der Waals surface area contributed by atoms with Crippen molar-refractivity contribution in [3.8, 4) is 0 Å². The van der Waals surface area contributed by atoms with Crippen LogP contribution in [0.15, 0.2) is 12.2 Å². The minimum atomic E-state index is -0.618. The highest BCUT2D eigenvalue weighted by Crippen LogP contribution is 2.50. The molecule has 3 rings (SSSR count). The number of esters is 2. The van der Waals surface area contributed by atoms with Gasteiger partial charge in [0.25, 0.3) is 11.8 Å². The first-order valence-electron chi connectivity index (χ1n) is 17.9. The van der Waals surface area contributed by atoms with Gasteiger partial charge in [-0.15, -0.1) is 0 Å². The molecule has 0 aromatic rings. The monoisotopic (exact) mass is 705 g/mol. The van der Waals surface area contributed by atoms with Crippen LogP contribution < -0.4 is 10.6 Å². The largest absolute Gasteiger partial charge is 0.469 e. The van der Waals surface area contributed by atoms with E-state index in [2.05, 4.69) is 52.2 Å². The van der Waals surface area contributed by atoms with Gasteiger partial charge in [0.2, 0.25) is 0 Å². The van der Waals surface area contributed by atoms with Crippen molar-refractivity contribution in [1.29, 1.82) is 0 Å². The van der Waals surface area contributed by atoms with E-state index in [0.717, 1.165) is 43.4 Å². The molecule has 282 valence electrons. The first-order valence-corrected chi connectivity index (χ1v) is 17.9. The minimum Gasteiger partial charge on any atom is -0.469 e. The molecule has 0 saturated heterocycles. The van der Waals surface area contributed by atoms with Crippen molar-refractivity contribution in [1.82, 2.24) is 15.5 Å². The molecule has 2 N–H and O–H groups in total. The Morgan fingerprint density at radius 2 is 1.36 bits per heavy atom. The molecule has 4 atom stereocenters. The lowest BCUT2D eigenvalue weighted by molar-refractivity contribution is -0.146. The molecule has 1 heterocycles. The van der Waals surface area contributed by atoms with Crippen LogP contribution in [-0.2, 0) is 38.1 Å². The summed E-state index contributed by atoms with van der Waals surface area (Å²) in [5, 5.41) is 5.84. The Labute approximate surface area is 296 Å². The summed E-state index contributed by atoms with van der Waals surface area (Å²) >= 11 is 0. The number of nitrogens with zero attached hydrogens (tertiary/aromatic N) is 1. The van der Waals surface area contributed by atoms with Gasteiger partial charge >= 0.3 is 24.1 Å². The summed E-state index contributed by atoms with van der Waals surface area (Å²) in [4.78, 5) is 73.7. The quantitative estimate of drug-likeness (QED) is 0.0913. The molecule has 4 unspecified atom stereocenters. The fraction of sp³-hybridized carbons (Fsp3) is 0.784. The fourth-order valence-corrected chi connectivity index (χ4v) is 8.84. The molecule has 1 aliphatic heterocycles. The van der Waals surface area contributed by atoms with E-state index < -0.39 is 24.0 Å². The number of ether oxygens (including phenoxy) is 4. The standard InChI is InChI=1S/C37H59N3O10/c1-34(2)19-26(20-37(6,24-34)25-38-32(45)50-17-14-40-28(41)10-11-29(40)42)18-31(44)48-15-8-9-16-49-33(46)39-27-21-35(3,4)23-36(5,22-27)13-12-30(43)47-7/h10-11,26-27H,8-9,12-25H2,1-7H3,(H,38,45)(H,39,46). The Kier molecular flexibility index (Phi) is 14.3. The average Bonchev–Trinajstić information content (AvgIpc) is 3.31. The van der Waals surface area contributed by atoms with Crippen molar-refractivity contribution < 1.29 is 47.7 Å². The zero-order chi connectivity index (χ0) is 37.2. The zero-order valence-corrected chi connectivity index (χ0v) is 31.2. The number of methoxy groups -OCH3 is 1. The van der Waals surface area contributed by atoms with Crippen LogP contribution in [0.5, 0.6) is 0 Å². The smallest absolute Gasteiger partial charge is 0.407 e. The van der Waals surface area contributed by atoms with Gasteiger partial charge in [-0.2, -0.15) is 0 Å². The van der Waals surface area contributed by atoms with E-state index in [4.69, 9.17) is 18.9 Å². The number of imide groups is 1. The lowest BCUT2D eigenvalue weighted by Gasteiger charge is -2.46. The maximum atomic E-state index is 12.8. The van der Waals surface area contributed by atoms with Crippen molar-refractivity contribution in [3.05, 3.63) is 12.2 Å². The highest BCUT2D eigenvalue weighted by molar-refractivity contribution is 6.12. The molecule has 3 aliphatic rings. The van der Waals surface area contributed by atoms with Gasteiger partial charge in [-0.05, 0) is 85.4 Å². The molecule has 2 fully saturated rings. The SMILES string of the molecule is COC(=O)CCC1(C)CC(NC(=O)OCCCCOC(=O)CC2CC(C)(C)CC(C)(CNC(=O)OCCN3C(=O)C=CC3=O)C2)CC(C)(C)C1. The maximum Gasteiger partial charge on any atom is 0.407 e. The molecule has 0 radical (unpaired) electrons. The highest BCUT2D eigenvalue weighted by atomic mass is 16.6. The third-order valence-corrected chi connectivity index (χ3v) is 10.1. The molecule has 2 saturated carbocycles. The molecule has 13 nitrogen and oxygen atoms in total. The first kappa shape index (κ1) is 40.8. The van der Waals surface area contributed by atoms with E-state index in [1.54, 1.807) is 0 Å². The number of carbonyl (C=O) groups is 6. The molecule has 4 amide bonds. The number of carbonyl (C=O) groups excluding carboxylic acids is 6. The normalized spacial score (nSPS) is 27.0. The van der Waals surface area contributed by atoms with Crippen molar-refractivity contribution in [3.63, 3.8) is 0 Å². The Bertz CT molecular complexity index is 1260. The van der Waals surface area contributed by atoms with Gasteiger partial charge in [0.15, 0.2) is 0 Å². The molecule has 2 aliphatic carbocycles. The minimum absolute atomic E-state index is 0.00458. The van der Waals surface area contributed by atoms with Crippen LogP contribution >= 0.6 is 0 Å². The number of nitrogens with one attached hydrogen (secondary N) is 2. The summed E-state index contributed by atoms with van der Waals surface area (Å²) in [6.45, 7) is 13.7. The van der Waals surface area contributed by atoms with Crippen LogP contribution in [0.4, 0.5) is 9.59 Å². The van der Waals surface area contributed by atoms with E-state index in [-0.39, 0.29) is 78.3 Å². The van der Waals surface area contributed by atoms with Crippen molar-refractivity contribution >= 4 is 35.9 Å². The van der Waals surface area contributed by atoms with Crippen LogP contribution in [0.1, 0.15) is 112 Å². The van der Waals surface area contributed by atoms with Gasteiger partial charge in [-0.1, -0.05) is 41.5 Å².